The van der Waals surface area contributed by atoms with Crippen molar-refractivity contribution < 1.29 is 14.3 Å². The van der Waals surface area contributed by atoms with Crippen molar-refractivity contribution >= 4 is 5.97 Å². The predicted molar refractivity (Wildman–Crippen MR) is 112 cm³/mol. The lowest BCUT2D eigenvalue weighted by Crippen LogP contribution is -2.20. The Bertz CT molecular complexity index is 708. The van der Waals surface area contributed by atoms with Crippen molar-refractivity contribution in [3.63, 3.8) is 0 Å². The van der Waals surface area contributed by atoms with Crippen LogP contribution in [0.3, 0.4) is 0 Å². The number of ether oxygens (including phenoxy) is 2. The Kier molecular flexibility index (Phi) is 7.95. The maximum absolute atomic E-state index is 12.2. The molecule has 1 heterocycles. The smallest absolute Gasteiger partial charge is 0.309 e. The van der Waals surface area contributed by atoms with Gasteiger partial charge in [0.05, 0.1) is 19.1 Å². The molecule has 1 fully saturated rings. The molecule has 0 N–H and O–H groups in total. The highest BCUT2D eigenvalue weighted by atomic mass is 16.5. The van der Waals surface area contributed by atoms with Crippen molar-refractivity contribution in [2.24, 2.45) is 11.8 Å². The van der Waals surface area contributed by atoms with E-state index in [1.165, 1.54) is 31.2 Å². The summed E-state index contributed by atoms with van der Waals surface area (Å²) in [7, 11) is 0. The minimum atomic E-state index is -0.0643. The second-order valence-electron chi connectivity index (χ2n) is 7.80. The van der Waals surface area contributed by atoms with Crippen LogP contribution in [0, 0.1) is 11.8 Å². The van der Waals surface area contributed by atoms with E-state index in [9.17, 15) is 4.79 Å². The van der Waals surface area contributed by atoms with Crippen LogP contribution in [-0.2, 0) is 22.4 Å². The largest absolute Gasteiger partial charge is 0.494 e. The Labute approximate surface area is 169 Å². The molecule has 3 rings (SSSR count). The number of hydrogen-bond acceptors (Lipinski definition) is 3. The normalized spacial score (nSPS) is 18.8. The monoisotopic (exact) mass is 380 g/mol. The SMILES string of the molecule is CCCCCCCOc1ccc(C[C@H]2C(=O)OC[C@@H]2Cc2ccccc2)cc1. The van der Waals surface area contributed by atoms with E-state index in [0.29, 0.717) is 6.61 Å². The molecule has 0 aliphatic carbocycles. The first-order chi connectivity index (χ1) is 13.8. The summed E-state index contributed by atoms with van der Waals surface area (Å²) in [5.74, 6) is 1.03. The fourth-order valence-corrected chi connectivity index (χ4v) is 3.84. The van der Waals surface area contributed by atoms with Crippen LogP contribution in [0.15, 0.2) is 54.6 Å². The fourth-order valence-electron chi connectivity index (χ4n) is 3.84. The lowest BCUT2D eigenvalue weighted by molar-refractivity contribution is -0.141. The first-order valence-corrected chi connectivity index (χ1v) is 10.7. The average molecular weight is 381 g/mol. The summed E-state index contributed by atoms with van der Waals surface area (Å²) in [6.45, 7) is 3.53. The van der Waals surface area contributed by atoms with E-state index >= 15 is 0 Å². The summed E-state index contributed by atoms with van der Waals surface area (Å²) in [4.78, 5) is 12.2. The van der Waals surface area contributed by atoms with Gasteiger partial charge in [-0.2, -0.15) is 0 Å². The van der Waals surface area contributed by atoms with Gasteiger partial charge in [0.15, 0.2) is 0 Å². The Balaban J connectivity index is 1.48. The number of esters is 1. The molecule has 3 nitrogen and oxygen atoms in total. The molecule has 1 saturated heterocycles. The van der Waals surface area contributed by atoms with Crippen LogP contribution in [-0.4, -0.2) is 19.2 Å². The van der Waals surface area contributed by atoms with Crippen molar-refractivity contribution in [1.29, 1.82) is 0 Å². The van der Waals surface area contributed by atoms with Crippen LogP contribution < -0.4 is 4.74 Å². The first kappa shape index (κ1) is 20.4. The molecule has 1 aliphatic rings. The molecule has 0 bridgehead atoms. The van der Waals surface area contributed by atoms with Crippen molar-refractivity contribution in [2.75, 3.05) is 13.2 Å². The third kappa shape index (κ3) is 6.12. The lowest BCUT2D eigenvalue weighted by Gasteiger charge is -2.15. The van der Waals surface area contributed by atoms with Gasteiger partial charge in [0.25, 0.3) is 0 Å². The maximum atomic E-state index is 12.2. The van der Waals surface area contributed by atoms with Gasteiger partial charge in [-0.3, -0.25) is 4.79 Å². The molecule has 0 spiro atoms. The van der Waals surface area contributed by atoms with E-state index < -0.39 is 0 Å². The van der Waals surface area contributed by atoms with Crippen molar-refractivity contribution in [3.8, 4) is 5.75 Å². The molecule has 28 heavy (non-hydrogen) atoms. The molecule has 0 saturated carbocycles. The van der Waals surface area contributed by atoms with Gasteiger partial charge < -0.3 is 9.47 Å². The highest BCUT2D eigenvalue weighted by Crippen LogP contribution is 2.29. The van der Waals surface area contributed by atoms with Crippen LogP contribution in [0.5, 0.6) is 5.75 Å². The Hall–Kier alpha value is -2.29. The van der Waals surface area contributed by atoms with Crippen LogP contribution >= 0.6 is 0 Å². The molecule has 0 unspecified atom stereocenters. The minimum Gasteiger partial charge on any atom is -0.494 e. The molecule has 1 aliphatic heterocycles. The minimum absolute atomic E-state index is 0.0617. The van der Waals surface area contributed by atoms with E-state index in [-0.39, 0.29) is 17.8 Å². The predicted octanol–water partition coefficient (Wildman–Crippen LogP) is 5.61. The molecule has 2 aromatic carbocycles. The van der Waals surface area contributed by atoms with E-state index in [4.69, 9.17) is 9.47 Å². The highest BCUT2D eigenvalue weighted by Gasteiger charge is 2.36. The Morgan fingerprint density at radius 3 is 2.36 bits per heavy atom. The quantitative estimate of drug-likeness (QED) is 0.375. The second-order valence-corrected chi connectivity index (χ2v) is 7.80. The summed E-state index contributed by atoms with van der Waals surface area (Å²) < 4.78 is 11.2. The van der Waals surface area contributed by atoms with Crippen LogP contribution in [0.2, 0.25) is 0 Å². The number of hydrogen-bond donors (Lipinski definition) is 0. The van der Waals surface area contributed by atoms with Gasteiger partial charge in [0.2, 0.25) is 0 Å². The fraction of sp³-hybridized carbons (Fsp3) is 0.480. The van der Waals surface area contributed by atoms with Gasteiger partial charge in [0, 0.05) is 5.92 Å². The molecular weight excluding hydrogens is 348 g/mol. The molecule has 0 amide bonds. The lowest BCUT2D eigenvalue weighted by atomic mass is 9.85. The van der Waals surface area contributed by atoms with Gasteiger partial charge >= 0.3 is 5.97 Å². The molecule has 0 radical (unpaired) electrons. The third-order valence-corrected chi connectivity index (χ3v) is 5.55. The standard InChI is InChI=1S/C25H32O3/c1-2-3-4-5-9-16-27-23-14-12-21(13-15-23)18-24-22(19-28-25(24)26)17-20-10-7-6-8-11-20/h6-8,10-15,22,24H,2-5,9,16-19H2,1H3/t22-,24+/m0/s1. The summed E-state index contributed by atoms with van der Waals surface area (Å²) >= 11 is 0. The van der Waals surface area contributed by atoms with E-state index in [0.717, 1.165) is 37.2 Å². The number of rotatable bonds is 11. The van der Waals surface area contributed by atoms with E-state index in [2.05, 4.69) is 31.2 Å². The van der Waals surface area contributed by atoms with Crippen LogP contribution in [0.4, 0.5) is 0 Å². The van der Waals surface area contributed by atoms with E-state index in [1.807, 2.05) is 30.3 Å². The second kappa shape index (κ2) is 10.9. The van der Waals surface area contributed by atoms with Crippen LogP contribution in [0.1, 0.15) is 50.2 Å². The molecule has 0 aromatic heterocycles. The zero-order valence-electron chi connectivity index (χ0n) is 16.9. The zero-order chi connectivity index (χ0) is 19.6. The van der Waals surface area contributed by atoms with Gasteiger partial charge in [0.1, 0.15) is 5.75 Å². The van der Waals surface area contributed by atoms with Crippen molar-refractivity contribution in [1.82, 2.24) is 0 Å². The van der Waals surface area contributed by atoms with Gasteiger partial charge in [-0.1, -0.05) is 75.1 Å². The highest BCUT2D eigenvalue weighted by molar-refractivity contribution is 5.75. The molecule has 2 aromatic rings. The van der Waals surface area contributed by atoms with Crippen molar-refractivity contribution in [2.45, 2.75) is 51.9 Å². The third-order valence-electron chi connectivity index (χ3n) is 5.55. The zero-order valence-corrected chi connectivity index (χ0v) is 16.9. The summed E-state index contributed by atoms with van der Waals surface area (Å²) in [5, 5.41) is 0. The first-order valence-electron chi connectivity index (χ1n) is 10.7. The maximum Gasteiger partial charge on any atom is 0.309 e. The van der Waals surface area contributed by atoms with E-state index in [1.54, 1.807) is 0 Å². The Morgan fingerprint density at radius 1 is 0.893 bits per heavy atom. The Morgan fingerprint density at radius 2 is 1.61 bits per heavy atom. The topological polar surface area (TPSA) is 35.5 Å². The number of unbranched alkanes of at least 4 members (excludes halogenated alkanes) is 4. The number of benzene rings is 2. The average Bonchev–Trinajstić information content (AvgIpc) is 3.06. The van der Waals surface area contributed by atoms with Crippen LogP contribution in [0.25, 0.3) is 0 Å². The molecule has 3 heteroatoms. The van der Waals surface area contributed by atoms with Gasteiger partial charge in [-0.15, -0.1) is 0 Å². The molecule has 150 valence electrons. The number of carbonyl (C=O) groups is 1. The van der Waals surface area contributed by atoms with Gasteiger partial charge in [-0.25, -0.2) is 0 Å². The summed E-state index contributed by atoms with van der Waals surface area (Å²) in [6.07, 6.45) is 7.83. The molecule has 2 atom stereocenters. The number of carbonyl (C=O) groups excluding carboxylic acids is 1. The summed E-state index contributed by atoms with van der Waals surface area (Å²) in [5.41, 5.74) is 2.43. The number of cyclic esters (lactones) is 1. The molecular formula is C25H32O3. The summed E-state index contributed by atoms with van der Waals surface area (Å²) in [6, 6.07) is 18.6. The van der Waals surface area contributed by atoms with Crippen molar-refractivity contribution in [3.05, 3.63) is 65.7 Å². The van der Waals surface area contributed by atoms with Gasteiger partial charge in [-0.05, 0) is 42.5 Å².